The van der Waals surface area contributed by atoms with Gasteiger partial charge in [0.05, 0.1) is 0 Å². The summed E-state index contributed by atoms with van der Waals surface area (Å²) in [5.74, 6) is 0.935. The van der Waals surface area contributed by atoms with Gasteiger partial charge in [-0.1, -0.05) is 43.3 Å². The maximum Gasteiger partial charge on any atom is 0.119 e. The van der Waals surface area contributed by atoms with Crippen LogP contribution in [0.4, 0.5) is 0 Å². The van der Waals surface area contributed by atoms with E-state index in [0.29, 0.717) is 11.7 Å². The van der Waals surface area contributed by atoms with Gasteiger partial charge < -0.3 is 10.4 Å². The van der Waals surface area contributed by atoms with Crippen molar-refractivity contribution in [3.8, 4) is 5.75 Å². The molecule has 1 aliphatic heterocycles. The smallest absolute Gasteiger partial charge is 0.119 e. The van der Waals surface area contributed by atoms with Gasteiger partial charge in [0, 0.05) is 13.0 Å². The Morgan fingerprint density at radius 3 is 2.71 bits per heavy atom. The normalized spacial score (nSPS) is 17.5. The molecule has 3 rings (SSSR count). The Bertz CT molecular complexity index is 598. The number of rotatable bonds is 2. The zero-order valence-corrected chi connectivity index (χ0v) is 13.1. The number of phenols is 1. The van der Waals surface area contributed by atoms with Gasteiger partial charge in [-0.2, -0.15) is 0 Å². The molecule has 0 fully saturated rings. The summed E-state index contributed by atoms with van der Waals surface area (Å²) in [5.41, 5.74) is 4.95. The van der Waals surface area contributed by atoms with Crippen LogP contribution in [0.2, 0.25) is 0 Å². The molecule has 0 aliphatic carbocycles. The minimum Gasteiger partial charge on any atom is -0.508 e. The Balaban J connectivity index is 0.00000161. The largest absolute Gasteiger partial charge is 0.508 e. The van der Waals surface area contributed by atoms with Crippen LogP contribution >= 0.6 is 12.4 Å². The molecule has 0 saturated heterocycles. The van der Waals surface area contributed by atoms with Crippen molar-refractivity contribution < 1.29 is 5.11 Å². The molecule has 0 spiro atoms. The van der Waals surface area contributed by atoms with E-state index in [0.717, 1.165) is 31.5 Å². The Kier molecular flexibility index (Phi) is 5.27. The van der Waals surface area contributed by atoms with E-state index < -0.39 is 0 Å². The minimum absolute atomic E-state index is 0. The van der Waals surface area contributed by atoms with Crippen LogP contribution in [0.1, 0.15) is 35.1 Å². The molecule has 21 heavy (non-hydrogen) atoms. The Labute approximate surface area is 132 Å². The molecule has 1 atom stereocenters. The van der Waals surface area contributed by atoms with Crippen LogP contribution in [0, 0.1) is 0 Å². The highest BCUT2D eigenvalue weighted by molar-refractivity contribution is 5.85. The SMILES string of the molecule is C[C@@H]1CNCCc2cc(O)c(Cc3ccccc3)cc21.Cl. The second kappa shape index (κ2) is 6.97. The van der Waals surface area contributed by atoms with E-state index >= 15 is 0 Å². The van der Waals surface area contributed by atoms with Crippen LogP contribution in [0.5, 0.6) is 5.75 Å². The maximum absolute atomic E-state index is 10.3. The summed E-state index contributed by atoms with van der Waals surface area (Å²) >= 11 is 0. The van der Waals surface area contributed by atoms with E-state index in [2.05, 4.69) is 30.4 Å². The number of hydrogen-bond donors (Lipinski definition) is 2. The maximum atomic E-state index is 10.3. The monoisotopic (exact) mass is 303 g/mol. The summed E-state index contributed by atoms with van der Waals surface area (Å²) in [6.07, 6.45) is 1.79. The molecular formula is C18H22ClNO. The molecule has 2 N–H and O–H groups in total. The van der Waals surface area contributed by atoms with E-state index in [4.69, 9.17) is 0 Å². The molecule has 2 nitrogen and oxygen atoms in total. The Morgan fingerprint density at radius 1 is 1.19 bits per heavy atom. The first-order valence-corrected chi connectivity index (χ1v) is 7.33. The van der Waals surface area contributed by atoms with Crippen molar-refractivity contribution in [3.05, 3.63) is 64.7 Å². The summed E-state index contributed by atoms with van der Waals surface area (Å²) in [6, 6.07) is 14.5. The third-order valence-corrected chi connectivity index (χ3v) is 4.13. The lowest BCUT2D eigenvalue weighted by molar-refractivity contribution is 0.468. The fraction of sp³-hybridized carbons (Fsp3) is 0.333. The fourth-order valence-corrected chi connectivity index (χ4v) is 2.98. The van der Waals surface area contributed by atoms with Crippen LogP contribution in [-0.4, -0.2) is 18.2 Å². The number of phenolic OH excluding ortho intramolecular Hbond substituents is 1. The highest BCUT2D eigenvalue weighted by atomic mass is 35.5. The Hall–Kier alpha value is -1.51. The molecular weight excluding hydrogens is 282 g/mol. The number of hydrogen-bond acceptors (Lipinski definition) is 2. The molecule has 2 aromatic rings. The van der Waals surface area contributed by atoms with Crippen LogP contribution in [0.25, 0.3) is 0 Å². The molecule has 0 aromatic heterocycles. The first-order chi connectivity index (χ1) is 9.74. The highest BCUT2D eigenvalue weighted by Gasteiger charge is 2.17. The zero-order valence-electron chi connectivity index (χ0n) is 12.3. The molecule has 0 bridgehead atoms. The number of benzene rings is 2. The van der Waals surface area contributed by atoms with Crippen molar-refractivity contribution in [3.63, 3.8) is 0 Å². The molecule has 3 heteroatoms. The molecule has 0 amide bonds. The lowest BCUT2D eigenvalue weighted by Gasteiger charge is -2.15. The van der Waals surface area contributed by atoms with Gasteiger partial charge in [-0.3, -0.25) is 0 Å². The summed E-state index contributed by atoms with van der Waals surface area (Å²) in [6.45, 7) is 4.26. The van der Waals surface area contributed by atoms with Crippen molar-refractivity contribution in [2.45, 2.75) is 25.7 Å². The van der Waals surface area contributed by atoms with Crippen molar-refractivity contribution in [2.75, 3.05) is 13.1 Å². The van der Waals surface area contributed by atoms with E-state index in [1.54, 1.807) is 0 Å². The number of halogens is 1. The van der Waals surface area contributed by atoms with E-state index in [-0.39, 0.29) is 12.4 Å². The van der Waals surface area contributed by atoms with Gasteiger partial charge >= 0.3 is 0 Å². The van der Waals surface area contributed by atoms with Gasteiger partial charge in [0.25, 0.3) is 0 Å². The van der Waals surface area contributed by atoms with Crippen molar-refractivity contribution in [2.24, 2.45) is 0 Å². The Morgan fingerprint density at radius 2 is 1.95 bits per heavy atom. The van der Waals surface area contributed by atoms with Crippen molar-refractivity contribution >= 4 is 12.4 Å². The molecule has 1 aliphatic rings. The lowest BCUT2D eigenvalue weighted by atomic mass is 9.91. The summed E-state index contributed by atoms with van der Waals surface area (Å²) < 4.78 is 0. The third-order valence-electron chi connectivity index (χ3n) is 4.13. The van der Waals surface area contributed by atoms with Gasteiger partial charge in [0.2, 0.25) is 0 Å². The zero-order chi connectivity index (χ0) is 13.9. The summed E-state index contributed by atoms with van der Waals surface area (Å²) in [4.78, 5) is 0. The van der Waals surface area contributed by atoms with Crippen molar-refractivity contribution in [1.82, 2.24) is 5.32 Å². The molecule has 0 radical (unpaired) electrons. The number of aromatic hydroxyl groups is 1. The lowest BCUT2D eigenvalue weighted by Crippen LogP contribution is -2.18. The van der Waals surface area contributed by atoms with E-state index in [9.17, 15) is 5.11 Å². The first kappa shape index (κ1) is 15.9. The van der Waals surface area contributed by atoms with Gasteiger partial charge in [-0.05, 0) is 47.2 Å². The molecule has 1 heterocycles. The predicted molar refractivity (Wildman–Crippen MR) is 89.6 cm³/mol. The average molecular weight is 304 g/mol. The highest BCUT2D eigenvalue weighted by Crippen LogP contribution is 2.30. The van der Waals surface area contributed by atoms with E-state index in [1.807, 2.05) is 24.3 Å². The quantitative estimate of drug-likeness (QED) is 0.887. The second-order valence-corrected chi connectivity index (χ2v) is 5.70. The minimum atomic E-state index is 0. The third kappa shape index (κ3) is 3.58. The van der Waals surface area contributed by atoms with Crippen LogP contribution < -0.4 is 5.32 Å². The van der Waals surface area contributed by atoms with Gasteiger partial charge in [0.15, 0.2) is 0 Å². The van der Waals surface area contributed by atoms with Gasteiger partial charge in [-0.25, -0.2) is 0 Å². The number of fused-ring (bicyclic) bond motifs is 1. The van der Waals surface area contributed by atoms with Crippen LogP contribution in [-0.2, 0) is 12.8 Å². The topological polar surface area (TPSA) is 32.3 Å². The second-order valence-electron chi connectivity index (χ2n) is 5.70. The van der Waals surface area contributed by atoms with Crippen LogP contribution in [0.15, 0.2) is 42.5 Å². The van der Waals surface area contributed by atoms with Crippen LogP contribution in [0.3, 0.4) is 0 Å². The fourth-order valence-electron chi connectivity index (χ4n) is 2.98. The van der Waals surface area contributed by atoms with Gasteiger partial charge in [-0.15, -0.1) is 12.4 Å². The molecule has 0 saturated carbocycles. The predicted octanol–water partition coefficient (Wildman–Crippen LogP) is 3.65. The molecule has 0 unspecified atom stereocenters. The standard InChI is InChI=1S/C18H21NO.ClH/c1-13-12-19-8-7-15-11-18(20)16(10-17(13)15)9-14-5-3-2-4-6-14;/h2-6,10-11,13,19-20H,7-9,12H2,1H3;1H/t13-;/m1./s1. The van der Waals surface area contributed by atoms with E-state index in [1.165, 1.54) is 16.7 Å². The van der Waals surface area contributed by atoms with Crippen molar-refractivity contribution in [1.29, 1.82) is 0 Å². The summed E-state index contributed by atoms with van der Waals surface area (Å²) in [7, 11) is 0. The number of nitrogens with one attached hydrogen (secondary N) is 1. The first-order valence-electron chi connectivity index (χ1n) is 7.33. The summed E-state index contributed by atoms with van der Waals surface area (Å²) in [5, 5.41) is 13.7. The molecule has 2 aromatic carbocycles. The average Bonchev–Trinajstić information content (AvgIpc) is 2.63. The molecule has 112 valence electrons. The van der Waals surface area contributed by atoms with Gasteiger partial charge in [0.1, 0.15) is 5.75 Å².